The van der Waals surface area contributed by atoms with Gasteiger partial charge in [0.25, 0.3) is 0 Å². The lowest BCUT2D eigenvalue weighted by Gasteiger charge is -2.25. The zero-order valence-electron chi connectivity index (χ0n) is 16.5. The molecule has 2 aromatic carbocycles. The van der Waals surface area contributed by atoms with Crippen LogP contribution in [0.4, 0.5) is 8.78 Å². The largest absolute Gasteiger partial charge is 0.454 e. The van der Waals surface area contributed by atoms with Crippen LogP contribution in [-0.2, 0) is 14.8 Å². The lowest BCUT2D eigenvalue weighted by atomic mass is 10.1. The highest BCUT2D eigenvalue weighted by Gasteiger charge is 2.26. The molecule has 0 radical (unpaired) electrons. The number of hydrogen-bond acceptors (Lipinski definition) is 6. The Morgan fingerprint density at radius 2 is 1.48 bits per heavy atom. The number of sulfonamides is 1. The van der Waals surface area contributed by atoms with Crippen molar-refractivity contribution in [2.75, 3.05) is 19.7 Å². The van der Waals surface area contributed by atoms with Crippen LogP contribution in [0.2, 0.25) is 0 Å². The first kappa shape index (κ1) is 22.8. The number of ether oxygens (including phenoxy) is 2. The van der Waals surface area contributed by atoms with Crippen molar-refractivity contribution in [2.45, 2.75) is 30.8 Å². The molecule has 10 heteroatoms. The predicted octanol–water partition coefficient (Wildman–Crippen LogP) is 3.50. The molecule has 2 aromatic rings. The minimum Gasteiger partial charge on any atom is -0.454 e. The predicted molar refractivity (Wildman–Crippen MR) is 107 cm³/mol. The number of alkyl halides is 2. The highest BCUT2D eigenvalue weighted by atomic mass is 32.2. The van der Waals surface area contributed by atoms with Crippen molar-refractivity contribution in [3.63, 3.8) is 0 Å². The summed E-state index contributed by atoms with van der Waals surface area (Å²) in [6.45, 7) is -2.56. The second-order valence-electron chi connectivity index (χ2n) is 6.89. The number of esters is 1. The zero-order chi connectivity index (χ0) is 22.4. The van der Waals surface area contributed by atoms with Crippen LogP contribution < -0.4 is 4.74 Å². The van der Waals surface area contributed by atoms with E-state index in [0.717, 1.165) is 19.3 Å². The molecule has 7 nitrogen and oxygen atoms in total. The molecule has 1 heterocycles. The van der Waals surface area contributed by atoms with E-state index in [1.54, 1.807) is 0 Å². The summed E-state index contributed by atoms with van der Waals surface area (Å²) in [5.41, 5.74) is 0.267. The summed E-state index contributed by atoms with van der Waals surface area (Å²) in [5.74, 6) is -1.42. The van der Waals surface area contributed by atoms with Gasteiger partial charge in [-0.3, -0.25) is 4.79 Å². The normalized spacial score (nSPS) is 14.9. The summed E-state index contributed by atoms with van der Waals surface area (Å²) in [7, 11) is -3.60. The van der Waals surface area contributed by atoms with E-state index in [1.165, 1.54) is 52.8 Å². The van der Waals surface area contributed by atoms with E-state index >= 15 is 0 Å². The van der Waals surface area contributed by atoms with Crippen LogP contribution in [0.1, 0.15) is 40.0 Å². The SMILES string of the molecule is O=C(COC(=O)c1ccc(OC(F)F)cc1)c1ccc(S(=O)(=O)N2CCCCC2)cc1. The third-order valence-corrected chi connectivity index (χ3v) is 6.69. The third kappa shape index (κ3) is 5.86. The van der Waals surface area contributed by atoms with E-state index in [1.807, 2.05) is 0 Å². The molecular formula is C21H21F2NO6S. The topological polar surface area (TPSA) is 90.0 Å². The van der Waals surface area contributed by atoms with Crippen LogP contribution in [0, 0.1) is 0 Å². The number of hydrogen-bond donors (Lipinski definition) is 0. The summed E-state index contributed by atoms with van der Waals surface area (Å²) in [5, 5.41) is 0. The second-order valence-corrected chi connectivity index (χ2v) is 8.83. The van der Waals surface area contributed by atoms with Gasteiger partial charge in [0.2, 0.25) is 10.0 Å². The summed E-state index contributed by atoms with van der Waals surface area (Å²) < 4.78 is 60.2. The molecule has 3 rings (SSSR count). The van der Waals surface area contributed by atoms with Gasteiger partial charge in [-0.05, 0) is 61.4 Å². The number of Topliss-reactive ketones (excluding diaryl/α,β-unsaturated/α-hetero) is 1. The smallest absolute Gasteiger partial charge is 0.387 e. The molecule has 0 aliphatic carbocycles. The highest BCUT2D eigenvalue weighted by molar-refractivity contribution is 7.89. The maximum atomic E-state index is 12.6. The number of piperidine rings is 1. The number of benzene rings is 2. The van der Waals surface area contributed by atoms with Gasteiger partial charge in [0.05, 0.1) is 10.5 Å². The molecule has 1 aliphatic rings. The van der Waals surface area contributed by atoms with Crippen molar-refractivity contribution in [2.24, 2.45) is 0 Å². The number of ketones is 1. The number of halogens is 2. The summed E-state index contributed by atoms with van der Waals surface area (Å²) in [6.07, 6.45) is 2.65. The molecule has 31 heavy (non-hydrogen) atoms. The molecule has 0 unspecified atom stereocenters. The minimum absolute atomic E-state index is 0.0670. The fraction of sp³-hybridized carbons (Fsp3) is 0.333. The maximum absolute atomic E-state index is 12.6. The van der Waals surface area contributed by atoms with E-state index in [4.69, 9.17) is 4.74 Å². The Morgan fingerprint density at radius 1 is 0.903 bits per heavy atom. The molecule has 1 saturated heterocycles. The summed E-state index contributed by atoms with van der Waals surface area (Å²) in [4.78, 5) is 24.4. The first-order valence-corrected chi connectivity index (χ1v) is 11.1. The van der Waals surface area contributed by atoms with Gasteiger partial charge >= 0.3 is 12.6 Å². The third-order valence-electron chi connectivity index (χ3n) is 4.78. The highest BCUT2D eigenvalue weighted by Crippen LogP contribution is 2.21. The van der Waals surface area contributed by atoms with Gasteiger partial charge in [0, 0.05) is 18.7 Å². The van der Waals surface area contributed by atoms with Crippen molar-refractivity contribution in [1.82, 2.24) is 4.31 Å². The maximum Gasteiger partial charge on any atom is 0.387 e. The Hall–Kier alpha value is -2.85. The van der Waals surface area contributed by atoms with E-state index in [9.17, 15) is 26.8 Å². The summed E-state index contributed by atoms with van der Waals surface area (Å²) >= 11 is 0. The molecule has 1 fully saturated rings. The number of rotatable bonds is 8. The monoisotopic (exact) mass is 453 g/mol. The molecule has 0 atom stereocenters. The van der Waals surface area contributed by atoms with Crippen molar-refractivity contribution in [1.29, 1.82) is 0 Å². The molecule has 0 saturated carbocycles. The quantitative estimate of drug-likeness (QED) is 0.449. The van der Waals surface area contributed by atoms with Gasteiger partial charge in [-0.25, -0.2) is 13.2 Å². The Kier molecular flexibility index (Phi) is 7.34. The molecular weight excluding hydrogens is 432 g/mol. The molecule has 166 valence electrons. The van der Waals surface area contributed by atoms with E-state index in [2.05, 4.69) is 4.74 Å². The lowest BCUT2D eigenvalue weighted by molar-refractivity contribution is -0.0498. The molecule has 0 amide bonds. The average molecular weight is 453 g/mol. The van der Waals surface area contributed by atoms with Gasteiger partial charge in [-0.15, -0.1) is 0 Å². The van der Waals surface area contributed by atoms with Gasteiger partial charge in [-0.2, -0.15) is 13.1 Å². The van der Waals surface area contributed by atoms with Crippen molar-refractivity contribution >= 4 is 21.8 Å². The Morgan fingerprint density at radius 3 is 2.06 bits per heavy atom. The summed E-state index contributed by atoms with van der Waals surface area (Å²) in [6, 6.07) is 10.3. The number of carbonyl (C=O) groups is 2. The standard InChI is InChI=1S/C21H21F2NO6S/c22-21(23)30-17-8-4-16(5-9-17)20(26)29-14-19(25)15-6-10-18(11-7-15)31(27,28)24-12-2-1-3-13-24/h4-11,21H,1-3,12-14H2. The fourth-order valence-electron chi connectivity index (χ4n) is 3.14. The van der Waals surface area contributed by atoms with Crippen molar-refractivity contribution in [3.05, 3.63) is 59.7 Å². The number of carbonyl (C=O) groups excluding carboxylic acids is 2. The van der Waals surface area contributed by atoms with Gasteiger partial charge in [0.15, 0.2) is 12.4 Å². The van der Waals surface area contributed by atoms with Crippen LogP contribution in [0.25, 0.3) is 0 Å². The average Bonchev–Trinajstić information content (AvgIpc) is 2.78. The first-order valence-electron chi connectivity index (χ1n) is 9.63. The van der Waals surface area contributed by atoms with Gasteiger partial charge < -0.3 is 9.47 Å². The Balaban J connectivity index is 1.57. The van der Waals surface area contributed by atoms with E-state index in [-0.39, 0.29) is 21.8 Å². The van der Waals surface area contributed by atoms with Crippen LogP contribution in [-0.4, -0.2) is 50.8 Å². The van der Waals surface area contributed by atoms with Crippen molar-refractivity contribution in [3.8, 4) is 5.75 Å². The minimum atomic E-state index is -3.60. The Labute approximate surface area is 178 Å². The Bertz CT molecular complexity index is 1020. The van der Waals surface area contributed by atoms with Crippen LogP contribution in [0.15, 0.2) is 53.4 Å². The van der Waals surface area contributed by atoms with E-state index < -0.39 is 35.0 Å². The van der Waals surface area contributed by atoms with Gasteiger partial charge in [0.1, 0.15) is 5.75 Å². The van der Waals surface area contributed by atoms with Crippen LogP contribution in [0.3, 0.4) is 0 Å². The zero-order valence-corrected chi connectivity index (χ0v) is 17.3. The molecule has 0 aromatic heterocycles. The molecule has 0 bridgehead atoms. The molecule has 1 aliphatic heterocycles. The van der Waals surface area contributed by atoms with E-state index in [0.29, 0.717) is 13.1 Å². The lowest BCUT2D eigenvalue weighted by Crippen LogP contribution is -2.35. The first-order chi connectivity index (χ1) is 14.8. The fourth-order valence-corrected chi connectivity index (χ4v) is 4.65. The number of nitrogens with zero attached hydrogens (tertiary/aromatic N) is 1. The van der Waals surface area contributed by atoms with Crippen LogP contribution in [0.5, 0.6) is 5.75 Å². The molecule has 0 spiro atoms. The van der Waals surface area contributed by atoms with Crippen LogP contribution >= 0.6 is 0 Å². The van der Waals surface area contributed by atoms with Gasteiger partial charge in [-0.1, -0.05) is 6.42 Å². The molecule has 0 N–H and O–H groups in total. The second kappa shape index (κ2) is 9.97. The van der Waals surface area contributed by atoms with Crippen molar-refractivity contribution < 1.29 is 36.3 Å².